The first kappa shape index (κ1) is 22.9. The van der Waals surface area contributed by atoms with Crippen LogP contribution in [0.3, 0.4) is 0 Å². The summed E-state index contributed by atoms with van der Waals surface area (Å²) in [6.07, 6.45) is 11.2. The Morgan fingerprint density at radius 3 is 2.32 bits per heavy atom. The Balaban J connectivity index is 3.69. The van der Waals surface area contributed by atoms with Gasteiger partial charge in [-0.05, 0) is 48.4 Å². The van der Waals surface area contributed by atoms with Gasteiger partial charge in [0.25, 0.3) is 0 Å². The van der Waals surface area contributed by atoms with E-state index < -0.39 is 0 Å². The second-order valence-electron chi connectivity index (χ2n) is 6.41. The molecule has 0 saturated heterocycles. The number of unbranched alkanes of at least 4 members (excludes halogenated alkanes) is 4. The molecule has 1 nitrogen and oxygen atoms in total. The third kappa shape index (κ3) is 14.5. The molecule has 134 valence electrons. The first-order valence-electron chi connectivity index (χ1n) is 9.40. The van der Waals surface area contributed by atoms with Crippen molar-refractivity contribution >= 4 is 34.0 Å². The van der Waals surface area contributed by atoms with Crippen LogP contribution in [0.4, 0.5) is 0 Å². The van der Waals surface area contributed by atoms with Crippen molar-refractivity contribution in [2.24, 2.45) is 11.8 Å². The van der Waals surface area contributed by atoms with E-state index in [1.807, 2.05) is 0 Å². The Morgan fingerprint density at radius 2 is 1.64 bits per heavy atom. The minimum absolute atomic E-state index is 0.886. The molecule has 0 spiro atoms. The second kappa shape index (κ2) is 18.2. The minimum atomic E-state index is 0.886. The molecule has 0 rings (SSSR count). The van der Waals surface area contributed by atoms with Gasteiger partial charge in [0.2, 0.25) is 0 Å². The van der Waals surface area contributed by atoms with Crippen molar-refractivity contribution in [2.75, 3.05) is 29.6 Å². The zero-order valence-corrected chi connectivity index (χ0v) is 19.2. The van der Waals surface area contributed by atoms with Gasteiger partial charge in [0.05, 0.1) is 0 Å². The smallest absolute Gasteiger partial charge is 0.146 e. The predicted molar refractivity (Wildman–Crippen MR) is 111 cm³/mol. The van der Waals surface area contributed by atoms with Gasteiger partial charge in [0, 0.05) is 12.4 Å². The number of rotatable bonds is 17. The van der Waals surface area contributed by atoms with Crippen LogP contribution in [0, 0.1) is 11.8 Å². The largest absolute Gasteiger partial charge is 0.427 e. The Labute approximate surface area is 152 Å². The summed E-state index contributed by atoms with van der Waals surface area (Å²) in [5.74, 6) is 7.08. The van der Waals surface area contributed by atoms with Crippen LogP contribution < -0.4 is 0 Å². The van der Waals surface area contributed by atoms with E-state index >= 15 is 0 Å². The molecule has 4 heteroatoms. The van der Waals surface area contributed by atoms with Crippen molar-refractivity contribution in [1.82, 2.24) is 0 Å². The molecule has 0 radical (unpaired) electrons. The highest BCUT2D eigenvalue weighted by molar-refractivity contribution is 7.99. The summed E-state index contributed by atoms with van der Waals surface area (Å²) in [5.41, 5.74) is 0. The van der Waals surface area contributed by atoms with E-state index in [1.165, 1.54) is 74.4 Å². The van der Waals surface area contributed by atoms with Crippen molar-refractivity contribution < 1.29 is 4.43 Å². The van der Waals surface area contributed by atoms with Crippen LogP contribution in [-0.4, -0.2) is 40.1 Å². The maximum Gasteiger partial charge on any atom is 0.146 e. The topological polar surface area (TPSA) is 9.23 Å². The van der Waals surface area contributed by atoms with Crippen molar-refractivity contribution in [3.05, 3.63) is 0 Å². The van der Waals surface area contributed by atoms with Gasteiger partial charge in [-0.25, -0.2) is 0 Å². The van der Waals surface area contributed by atoms with E-state index in [1.54, 1.807) is 0 Å². The van der Waals surface area contributed by atoms with Crippen molar-refractivity contribution in [3.63, 3.8) is 0 Å². The summed E-state index contributed by atoms with van der Waals surface area (Å²) in [5, 5.41) is 0. The first-order chi connectivity index (χ1) is 10.8. The third-order valence-electron chi connectivity index (χ3n) is 4.34. The zero-order chi connectivity index (χ0) is 16.5. The number of hydrogen-bond donors (Lipinski definition) is 0. The highest BCUT2D eigenvalue weighted by Gasteiger charge is 2.16. The molecule has 2 unspecified atom stereocenters. The second-order valence-corrected chi connectivity index (χ2v) is 9.36. The van der Waals surface area contributed by atoms with Gasteiger partial charge >= 0.3 is 0 Å². The van der Waals surface area contributed by atoms with E-state index in [4.69, 9.17) is 4.43 Å². The number of hydrogen-bond acceptors (Lipinski definition) is 3. The maximum atomic E-state index is 5.25. The standard InChI is InChI=1S/C18H40OS2Si/c1-4-6-7-8-9-13-21-16-18(10-5-2)17(3)11-14-20-15-12-19-22/h17-18H,4-16H2,1-3,22H3. The van der Waals surface area contributed by atoms with E-state index in [0.29, 0.717) is 0 Å². The molecule has 0 aliphatic carbocycles. The van der Waals surface area contributed by atoms with Crippen molar-refractivity contribution in [1.29, 1.82) is 0 Å². The Kier molecular flexibility index (Phi) is 18.9. The molecule has 0 heterocycles. The Bertz CT molecular complexity index is 217. The van der Waals surface area contributed by atoms with Gasteiger partial charge in [-0.2, -0.15) is 23.5 Å². The number of thioether (sulfide) groups is 2. The average Bonchev–Trinajstić information content (AvgIpc) is 2.52. The zero-order valence-electron chi connectivity index (χ0n) is 15.6. The summed E-state index contributed by atoms with van der Waals surface area (Å²) in [7, 11) is 0.887. The van der Waals surface area contributed by atoms with Crippen molar-refractivity contribution in [2.45, 2.75) is 72.1 Å². The molecule has 0 saturated carbocycles. The van der Waals surface area contributed by atoms with Crippen LogP contribution >= 0.6 is 23.5 Å². The first-order valence-corrected chi connectivity index (χ1v) is 12.5. The van der Waals surface area contributed by atoms with Gasteiger partial charge in [-0.1, -0.05) is 52.9 Å². The normalized spacial score (nSPS) is 14.3. The molecule has 0 N–H and O–H groups in total. The third-order valence-corrected chi connectivity index (χ3v) is 6.97. The molecule has 0 aromatic carbocycles. The molecule has 0 amide bonds. The van der Waals surface area contributed by atoms with Crippen molar-refractivity contribution in [3.8, 4) is 0 Å². The summed E-state index contributed by atoms with van der Waals surface area (Å²) in [4.78, 5) is 0. The van der Waals surface area contributed by atoms with Gasteiger partial charge < -0.3 is 4.43 Å². The maximum absolute atomic E-state index is 5.25. The van der Waals surface area contributed by atoms with Gasteiger partial charge in [-0.15, -0.1) is 0 Å². The Hall–Kier alpha value is 0.877. The highest BCUT2D eigenvalue weighted by Crippen LogP contribution is 2.26. The van der Waals surface area contributed by atoms with E-state index in [0.717, 1.165) is 28.9 Å². The molecule has 0 aliphatic rings. The van der Waals surface area contributed by atoms with E-state index in [2.05, 4.69) is 44.3 Å². The molecule has 0 aromatic heterocycles. The molecule has 0 aromatic rings. The molecule has 0 bridgehead atoms. The fourth-order valence-electron chi connectivity index (χ4n) is 2.69. The van der Waals surface area contributed by atoms with E-state index in [9.17, 15) is 0 Å². The fourth-order valence-corrected chi connectivity index (χ4v) is 5.59. The van der Waals surface area contributed by atoms with Crippen LogP contribution in [0.5, 0.6) is 0 Å². The van der Waals surface area contributed by atoms with Gasteiger partial charge in [0.15, 0.2) is 0 Å². The molecule has 2 atom stereocenters. The summed E-state index contributed by atoms with van der Waals surface area (Å²) < 4.78 is 5.25. The minimum Gasteiger partial charge on any atom is -0.427 e. The highest BCUT2D eigenvalue weighted by atomic mass is 32.2. The van der Waals surface area contributed by atoms with Crippen LogP contribution in [0.15, 0.2) is 0 Å². The lowest BCUT2D eigenvalue weighted by Crippen LogP contribution is -2.16. The average molecular weight is 365 g/mol. The van der Waals surface area contributed by atoms with Crippen LogP contribution in [0.1, 0.15) is 72.1 Å². The van der Waals surface area contributed by atoms with Gasteiger partial charge in [-0.3, -0.25) is 0 Å². The predicted octanol–water partition coefficient (Wildman–Crippen LogP) is 5.16. The lowest BCUT2D eigenvalue weighted by atomic mass is 9.90. The van der Waals surface area contributed by atoms with E-state index in [-0.39, 0.29) is 0 Å². The van der Waals surface area contributed by atoms with Crippen LogP contribution in [0.25, 0.3) is 0 Å². The SMILES string of the molecule is CCCCCCCSCC(CCC)C(C)CCSCCO[SiH3]. The van der Waals surface area contributed by atoms with Crippen LogP contribution in [0.2, 0.25) is 0 Å². The summed E-state index contributed by atoms with van der Waals surface area (Å²) >= 11 is 4.28. The summed E-state index contributed by atoms with van der Waals surface area (Å²) in [6, 6.07) is 0. The lowest BCUT2D eigenvalue weighted by molar-refractivity contribution is 0.360. The molecule has 0 aliphatic heterocycles. The lowest BCUT2D eigenvalue weighted by Gasteiger charge is -2.23. The van der Waals surface area contributed by atoms with Gasteiger partial charge in [0.1, 0.15) is 10.5 Å². The quantitative estimate of drug-likeness (QED) is 0.260. The molecule has 22 heavy (non-hydrogen) atoms. The molecular weight excluding hydrogens is 324 g/mol. The molecule has 0 fully saturated rings. The Morgan fingerprint density at radius 1 is 0.864 bits per heavy atom. The molecular formula is C18H40OS2Si. The van der Waals surface area contributed by atoms with Crippen LogP contribution in [-0.2, 0) is 4.43 Å². The summed E-state index contributed by atoms with van der Waals surface area (Å²) in [6.45, 7) is 8.07. The monoisotopic (exact) mass is 364 g/mol. The fraction of sp³-hybridized carbons (Fsp3) is 1.00.